The summed E-state index contributed by atoms with van der Waals surface area (Å²) < 4.78 is 0. The predicted molar refractivity (Wildman–Crippen MR) is 135 cm³/mol. The van der Waals surface area contributed by atoms with Gasteiger partial charge < -0.3 is 15.1 Å². The smallest absolute Gasteiger partial charge is 0.255 e. The van der Waals surface area contributed by atoms with Crippen LogP contribution in [0.5, 0.6) is 0 Å². The molecule has 7 nitrogen and oxygen atoms in total. The molecule has 0 bridgehead atoms. The maximum atomic E-state index is 13.3. The highest BCUT2D eigenvalue weighted by atomic mass is 32.1. The molecule has 3 heterocycles. The van der Waals surface area contributed by atoms with Crippen LogP contribution in [0.3, 0.4) is 0 Å². The highest BCUT2D eigenvalue weighted by Crippen LogP contribution is 2.28. The Labute approximate surface area is 208 Å². The number of hydrogen-bond acceptors (Lipinski definition) is 5. The molecule has 180 valence electrons. The fraction of sp³-hybridized carbons (Fsp3) is 0.333. The van der Waals surface area contributed by atoms with Crippen LogP contribution >= 0.6 is 11.3 Å². The summed E-state index contributed by atoms with van der Waals surface area (Å²) in [7, 11) is 0. The quantitative estimate of drug-likeness (QED) is 0.573. The van der Waals surface area contributed by atoms with Crippen molar-refractivity contribution in [2.24, 2.45) is 0 Å². The number of aryl methyl sites for hydroxylation is 1. The molecule has 35 heavy (non-hydrogen) atoms. The van der Waals surface area contributed by atoms with Crippen LogP contribution in [0.1, 0.15) is 46.9 Å². The van der Waals surface area contributed by atoms with E-state index in [9.17, 15) is 14.4 Å². The van der Waals surface area contributed by atoms with E-state index in [2.05, 4.69) is 10.3 Å². The van der Waals surface area contributed by atoms with E-state index in [4.69, 9.17) is 0 Å². The average molecular weight is 489 g/mol. The highest BCUT2D eigenvalue weighted by Gasteiger charge is 2.40. The normalized spacial score (nSPS) is 18.0. The van der Waals surface area contributed by atoms with E-state index in [1.54, 1.807) is 34.1 Å². The third kappa shape index (κ3) is 4.46. The number of thiazole rings is 1. The van der Waals surface area contributed by atoms with Gasteiger partial charge in [-0.15, -0.1) is 11.3 Å². The molecule has 1 N–H and O–H groups in total. The maximum Gasteiger partial charge on any atom is 0.255 e. The van der Waals surface area contributed by atoms with E-state index >= 15 is 0 Å². The van der Waals surface area contributed by atoms with E-state index < -0.39 is 12.1 Å². The standard InChI is InChI=1S/C27H28N4O3S/c1-17-24(35-16-29-17)20-11-9-19(10-12-20)14-28-25(32)23-8-5-13-30(23)26(33)18(2)31-15-21-6-3-4-7-22(21)27(31)34/h3-4,6-7,9-12,16,18,23H,5,8,13-15H2,1-2H3,(H,28,32). The van der Waals surface area contributed by atoms with Gasteiger partial charge in [0.25, 0.3) is 5.91 Å². The predicted octanol–water partition coefficient (Wildman–Crippen LogP) is 3.77. The first kappa shape index (κ1) is 23.2. The molecule has 0 aliphatic carbocycles. The summed E-state index contributed by atoms with van der Waals surface area (Å²) in [5.74, 6) is -0.451. The first-order valence-electron chi connectivity index (χ1n) is 11.9. The summed E-state index contributed by atoms with van der Waals surface area (Å²) in [4.78, 5) is 47.9. The Morgan fingerprint density at radius 2 is 1.94 bits per heavy atom. The molecule has 2 unspecified atom stereocenters. The van der Waals surface area contributed by atoms with E-state index in [0.717, 1.165) is 33.7 Å². The van der Waals surface area contributed by atoms with Crippen molar-refractivity contribution in [3.63, 3.8) is 0 Å². The Kier molecular flexibility index (Phi) is 6.38. The molecule has 2 aromatic carbocycles. The molecular weight excluding hydrogens is 460 g/mol. The summed E-state index contributed by atoms with van der Waals surface area (Å²) in [6, 6.07) is 14.4. The SMILES string of the molecule is Cc1ncsc1-c1ccc(CNC(=O)C2CCCN2C(=O)C(C)N2Cc3ccccc3C2=O)cc1. The molecule has 5 rings (SSSR count). The van der Waals surface area contributed by atoms with Crippen molar-refractivity contribution in [2.45, 2.75) is 51.9 Å². The first-order valence-corrected chi connectivity index (χ1v) is 12.8. The molecule has 0 radical (unpaired) electrons. The second kappa shape index (κ2) is 9.62. The van der Waals surface area contributed by atoms with Crippen LogP contribution < -0.4 is 5.32 Å². The number of benzene rings is 2. The minimum absolute atomic E-state index is 0.126. The Morgan fingerprint density at radius 3 is 2.66 bits per heavy atom. The molecule has 2 aliphatic rings. The molecular formula is C27H28N4O3S. The molecule has 0 saturated carbocycles. The zero-order valence-electron chi connectivity index (χ0n) is 19.9. The number of rotatable bonds is 6. The van der Waals surface area contributed by atoms with Crippen molar-refractivity contribution in [3.8, 4) is 10.4 Å². The lowest BCUT2D eigenvalue weighted by Gasteiger charge is -2.31. The lowest BCUT2D eigenvalue weighted by Crippen LogP contribution is -2.52. The molecule has 2 aliphatic heterocycles. The minimum Gasteiger partial charge on any atom is -0.350 e. The highest BCUT2D eigenvalue weighted by molar-refractivity contribution is 7.13. The van der Waals surface area contributed by atoms with Crippen molar-refractivity contribution in [1.29, 1.82) is 0 Å². The fourth-order valence-corrected chi connectivity index (χ4v) is 5.74. The third-order valence-corrected chi connectivity index (χ3v) is 7.92. The molecule has 1 aromatic heterocycles. The molecule has 1 saturated heterocycles. The van der Waals surface area contributed by atoms with Gasteiger partial charge in [0.2, 0.25) is 11.8 Å². The van der Waals surface area contributed by atoms with Crippen LogP contribution in [0.25, 0.3) is 10.4 Å². The van der Waals surface area contributed by atoms with Gasteiger partial charge in [-0.3, -0.25) is 14.4 Å². The van der Waals surface area contributed by atoms with Crippen molar-refractivity contribution >= 4 is 29.1 Å². The topological polar surface area (TPSA) is 82.6 Å². The molecule has 1 fully saturated rings. The molecule has 8 heteroatoms. The summed E-state index contributed by atoms with van der Waals surface area (Å²) in [5, 5.41) is 3.00. The fourth-order valence-electron chi connectivity index (χ4n) is 4.93. The monoisotopic (exact) mass is 488 g/mol. The average Bonchev–Trinajstić information content (AvgIpc) is 3.61. The van der Waals surface area contributed by atoms with Gasteiger partial charge in [0.05, 0.1) is 16.1 Å². The zero-order chi connectivity index (χ0) is 24.5. The lowest BCUT2D eigenvalue weighted by atomic mass is 10.1. The zero-order valence-corrected chi connectivity index (χ0v) is 20.7. The number of nitrogens with one attached hydrogen (secondary N) is 1. The van der Waals surface area contributed by atoms with Gasteiger partial charge in [-0.25, -0.2) is 4.98 Å². The van der Waals surface area contributed by atoms with Gasteiger partial charge in [-0.05, 0) is 49.4 Å². The number of carbonyl (C=O) groups is 3. The van der Waals surface area contributed by atoms with E-state index in [1.807, 2.05) is 54.9 Å². The van der Waals surface area contributed by atoms with Crippen LogP contribution in [0.15, 0.2) is 54.0 Å². The van der Waals surface area contributed by atoms with Crippen molar-refractivity contribution in [3.05, 3.63) is 76.4 Å². The number of likely N-dealkylation sites (tertiary alicyclic amines) is 1. The number of carbonyl (C=O) groups excluding carboxylic acids is 3. The number of fused-ring (bicyclic) bond motifs is 1. The Balaban J connectivity index is 1.20. The summed E-state index contributed by atoms with van der Waals surface area (Å²) >= 11 is 1.61. The molecule has 3 amide bonds. The summed E-state index contributed by atoms with van der Waals surface area (Å²) in [6.45, 7) is 5.09. The number of aromatic nitrogens is 1. The Hall–Kier alpha value is -3.52. The first-order chi connectivity index (χ1) is 16.9. The van der Waals surface area contributed by atoms with E-state index in [1.165, 1.54) is 0 Å². The van der Waals surface area contributed by atoms with Gasteiger partial charge in [0, 0.05) is 25.2 Å². The maximum absolute atomic E-state index is 13.3. The summed E-state index contributed by atoms with van der Waals surface area (Å²) in [6.07, 6.45) is 1.40. The van der Waals surface area contributed by atoms with Crippen LogP contribution in [-0.4, -0.2) is 51.1 Å². The lowest BCUT2D eigenvalue weighted by molar-refractivity contribution is -0.141. The molecule has 0 spiro atoms. The number of hydrogen-bond donors (Lipinski definition) is 1. The third-order valence-electron chi connectivity index (χ3n) is 6.94. The van der Waals surface area contributed by atoms with Gasteiger partial charge >= 0.3 is 0 Å². The van der Waals surface area contributed by atoms with Crippen LogP contribution in [0.4, 0.5) is 0 Å². The van der Waals surface area contributed by atoms with Crippen LogP contribution in [0.2, 0.25) is 0 Å². The second-order valence-electron chi connectivity index (χ2n) is 9.14. The minimum atomic E-state index is -0.619. The van der Waals surface area contributed by atoms with Crippen molar-refractivity contribution in [1.82, 2.24) is 20.1 Å². The number of nitrogens with zero attached hydrogens (tertiary/aromatic N) is 3. The Morgan fingerprint density at radius 1 is 1.17 bits per heavy atom. The van der Waals surface area contributed by atoms with Gasteiger partial charge in [-0.1, -0.05) is 42.5 Å². The van der Waals surface area contributed by atoms with E-state index in [-0.39, 0.29) is 17.7 Å². The molecule has 2 atom stereocenters. The van der Waals surface area contributed by atoms with Gasteiger partial charge in [0.15, 0.2) is 0 Å². The van der Waals surface area contributed by atoms with Crippen LogP contribution in [-0.2, 0) is 22.7 Å². The van der Waals surface area contributed by atoms with Crippen LogP contribution in [0, 0.1) is 6.92 Å². The second-order valence-corrected chi connectivity index (χ2v) is 9.99. The largest absolute Gasteiger partial charge is 0.350 e. The summed E-state index contributed by atoms with van der Waals surface area (Å²) in [5.41, 5.74) is 6.54. The van der Waals surface area contributed by atoms with E-state index in [0.29, 0.717) is 31.6 Å². The molecule has 3 aromatic rings. The van der Waals surface area contributed by atoms with Crippen molar-refractivity contribution in [2.75, 3.05) is 6.54 Å². The Bertz CT molecular complexity index is 1270. The van der Waals surface area contributed by atoms with Crippen molar-refractivity contribution < 1.29 is 14.4 Å². The van der Waals surface area contributed by atoms with Gasteiger partial charge in [0.1, 0.15) is 12.1 Å². The van der Waals surface area contributed by atoms with Gasteiger partial charge in [-0.2, -0.15) is 0 Å². The number of amides is 3.